The lowest BCUT2D eigenvalue weighted by Gasteiger charge is -2.38. The Morgan fingerprint density at radius 3 is 2.41 bits per heavy atom. The molecule has 0 aromatic rings. The van der Waals surface area contributed by atoms with Crippen molar-refractivity contribution in [2.45, 2.75) is 38.6 Å². The van der Waals surface area contributed by atoms with Crippen LogP contribution in [0.5, 0.6) is 0 Å². The van der Waals surface area contributed by atoms with Gasteiger partial charge in [0.2, 0.25) is 5.91 Å². The molecule has 1 aliphatic heterocycles. The van der Waals surface area contributed by atoms with Crippen molar-refractivity contribution in [2.75, 3.05) is 39.3 Å². The maximum atomic E-state index is 10.8. The number of carbonyl (C=O) groups excluding carboxylic acids is 1. The summed E-state index contributed by atoms with van der Waals surface area (Å²) in [5, 5.41) is 2.86. The average Bonchev–Trinajstić information content (AvgIpc) is 2.83. The van der Waals surface area contributed by atoms with E-state index in [2.05, 4.69) is 15.1 Å². The van der Waals surface area contributed by atoms with Crippen LogP contribution in [0, 0.1) is 0 Å². The maximum Gasteiger partial charge on any atom is 0.216 e. The minimum Gasteiger partial charge on any atom is -0.355 e. The summed E-state index contributed by atoms with van der Waals surface area (Å²) < 4.78 is 0. The summed E-state index contributed by atoms with van der Waals surface area (Å²) in [7, 11) is 0. The van der Waals surface area contributed by atoms with Crippen molar-refractivity contribution in [3.63, 3.8) is 0 Å². The second-order valence-corrected chi connectivity index (χ2v) is 5.30. The van der Waals surface area contributed by atoms with Gasteiger partial charge in [0.05, 0.1) is 0 Å². The zero-order valence-electron chi connectivity index (χ0n) is 11.0. The number of carbonyl (C=O) groups is 1. The molecule has 4 heteroatoms. The molecule has 2 fully saturated rings. The van der Waals surface area contributed by atoms with Crippen LogP contribution in [0.2, 0.25) is 0 Å². The van der Waals surface area contributed by atoms with Crippen molar-refractivity contribution >= 4 is 5.91 Å². The van der Waals surface area contributed by atoms with Gasteiger partial charge in [-0.1, -0.05) is 12.8 Å². The van der Waals surface area contributed by atoms with Crippen molar-refractivity contribution in [3.05, 3.63) is 0 Å². The molecule has 0 bridgehead atoms. The molecule has 0 spiro atoms. The van der Waals surface area contributed by atoms with Crippen LogP contribution >= 0.6 is 0 Å². The molecule has 1 saturated carbocycles. The molecule has 17 heavy (non-hydrogen) atoms. The summed E-state index contributed by atoms with van der Waals surface area (Å²) in [6.07, 6.45) is 5.67. The molecule has 1 amide bonds. The number of hydrogen-bond donors (Lipinski definition) is 1. The molecule has 1 heterocycles. The monoisotopic (exact) mass is 239 g/mol. The average molecular weight is 239 g/mol. The Bertz CT molecular complexity index is 243. The van der Waals surface area contributed by atoms with E-state index in [1.165, 1.54) is 38.8 Å². The summed E-state index contributed by atoms with van der Waals surface area (Å²) >= 11 is 0. The maximum absolute atomic E-state index is 10.8. The third-order valence-corrected chi connectivity index (χ3v) is 4.05. The van der Waals surface area contributed by atoms with Crippen LogP contribution in [0.25, 0.3) is 0 Å². The Morgan fingerprint density at radius 1 is 1.18 bits per heavy atom. The molecular weight excluding hydrogens is 214 g/mol. The number of rotatable bonds is 4. The van der Waals surface area contributed by atoms with Crippen LogP contribution in [-0.4, -0.2) is 61.0 Å². The van der Waals surface area contributed by atoms with Gasteiger partial charge >= 0.3 is 0 Å². The molecule has 4 nitrogen and oxygen atoms in total. The van der Waals surface area contributed by atoms with Gasteiger partial charge in [-0.3, -0.25) is 14.6 Å². The number of hydrogen-bond acceptors (Lipinski definition) is 3. The molecule has 0 aromatic carbocycles. The Labute approximate surface area is 104 Å². The molecule has 0 radical (unpaired) electrons. The largest absolute Gasteiger partial charge is 0.355 e. The van der Waals surface area contributed by atoms with E-state index in [-0.39, 0.29) is 5.91 Å². The topological polar surface area (TPSA) is 35.6 Å². The second-order valence-electron chi connectivity index (χ2n) is 5.30. The highest BCUT2D eigenvalue weighted by Gasteiger charge is 2.25. The number of nitrogens with zero attached hydrogens (tertiary/aromatic N) is 2. The lowest BCUT2D eigenvalue weighted by molar-refractivity contribution is -0.119. The van der Waals surface area contributed by atoms with Gasteiger partial charge in [-0.05, 0) is 12.8 Å². The standard InChI is InChI=1S/C13H25N3O/c1-12(17)14-6-7-15-8-10-16(11-9-15)13-4-2-3-5-13/h13H,2-11H2,1H3,(H,14,17). The van der Waals surface area contributed by atoms with Crippen molar-refractivity contribution in [1.82, 2.24) is 15.1 Å². The smallest absolute Gasteiger partial charge is 0.216 e. The minimum atomic E-state index is 0.0783. The fraction of sp³-hybridized carbons (Fsp3) is 0.923. The van der Waals surface area contributed by atoms with Gasteiger partial charge in [-0.2, -0.15) is 0 Å². The van der Waals surface area contributed by atoms with Gasteiger partial charge in [0, 0.05) is 52.2 Å². The summed E-state index contributed by atoms with van der Waals surface area (Å²) in [6.45, 7) is 8.12. The lowest BCUT2D eigenvalue weighted by Crippen LogP contribution is -2.51. The third-order valence-electron chi connectivity index (χ3n) is 4.05. The molecule has 0 unspecified atom stereocenters. The Balaban J connectivity index is 1.62. The molecule has 2 rings (SSSR count). The molecule has 0 aromatic heterocycles. The van der Waals surface area contributed by atoms with E-state index in [1.54, 1.807) is 6.92 Å². The zero-order chi connectivity index (χ0) is 12.1. The van der Waals surface area contributed by atoms with Crippen LogP contribution in [-0.2, 0) is 4.79 Å². The van der Waals surface area contributed by atoms with E-state index in [9.17, 15) is 4.79 Å². The van der Waals surface area contributed by atoms with E-state index in [4.69, 9.17) is 0 Å². The zero-order valence-corrected chi connectivity index (χ0v) is 11.0. The molecule has 2 aliphatic rings. The summed E-state index contributed by atoms with van der Waals surface area (Å²) in [5.41, 5.74) is 0. The molecule has 1 aliphatic carbocycles. The number of nitrogens with one attached hydrogen (secondary N) is 1. The Hall–Kier alpha value is -0.610. The number of amides is 1. The summed E-state index contributed by atoms with van der Waals surface area (Å²) in [6, 6.07) is 0.868. The van der Waals surface area contributed by atoms with Crippen molar-refractivity contribution < 1.29 is 4.79 Å². The quantitative estimate of drug-likeness (QED) is 0.784. The van der Waals surface area contributed by atoms with E-state index >= 15 is 0 Å². The minimum absolute atomic E-state index is 0.0783. The van der Waals surface area contributed by atoms with Crippen LogP contribution < -0.4 is 5.32 Å². The van der Waals surface area contributed by atoms with Gasteiger partial charge in [-0.15, -0.1) is 0 Å². The van der Waals surface area contributed by atoms with Crippen LogP contribution in [0.3, 0.4) is 0 Å². The van der Waals surface area contributed by atoms with Crippen molar-refractivity contribution in [3.8, 4) is 0 Å². The first kappa shape index (κ1) is 12.8. The van der Waals surface area contributed by atoms with Crippen LogP contribution in [0.4, 0.5) is 0 Å². The fourth-order valence-electron chi connectivity index (χ4n) is 3.01. The third kappa shape index (κ3) is 3.96. The van der Waals surface area contributed by atoms with Crippen molar-refractivity contribution in [2.24, 2.45) is 0 Å². The fourth-order valence-corrected chi connectivity index (χ4v) is 3.01. The normalized spacial score (nSPS) is 24.1. The van der Waals surface area contributed by atoms with Gasteiger partial charge in [0.25, 0.3) is 0 Å². The SMILES string of the molecule is CC(=O)NCCN1CCN(C2CCCC2)CC1. The van der Waals surface area contributed by atoms with Crippen molar-refractivity contribution in [1.29, 1.82) is 0 Å². The van der Waals surface area contributed by atoms with Crippen LogP contribution in [0.1, 0.15) is 32.6 Å². The van der Waals surface area contributed by atoms with Gasteiger partial charge in [-0.25, -0.2) is 0 Å². The highest BCUT2D eigenvalue weighted by Crippen LogP contribution is 2.24. The van der Waals surface area contributed by atoms with Gasteiger partial charge in [0.15, 0.2) is 0 Å². The summed E-state index contributed by atoms with van der Waals surface area (Å²) in [4.78, 5) is 15.9. The Morgan fingerprint density at radius 2 is 1.82 bits per heavy atom. The highest BCUT2D eigenvalue weighted by molar-refractivity contribution is 5.72. The summed E-state index contributed by atoms with van der Waals surface area (Å²) in [5.74, 6) is 0.0783. The van der Waals surface area contributed by atoms with E-state index in [0.29, 0.717) is 0 Å². The van der Waals surface area contributed by atoms with Crippen LogP contribution in [0.15, 0.2) is 0 Å². The molecular formula is C13H25N3O. The molecule has 98 valence electrons. The predicted molar refractivity (Wildman–Crippen MR) is 69.0 cm³/mol. The molecule has 1 saturated heterocycles. The lowest BCUT2D eigenvalue weighted by atomic mass is 10.2. The number of piperazine rings is 1. The predicted octanol–water partition coefficient (Wildman–Crippen LogP) is 0.683. The van der Waals surface area contributed by atoms with E-state index in [1.807, 2.05) is 0 Å². The highest BCUT2D eigenvalue weighted by atomic mass is 16.1. The van der Waals surface area contributed by atoms with E-state index in [0.717, 1.165) is 32.2 Å². The first-order chi connectivity index (χ1) is 8.25. The van der Waals surface area contributed by atoms with E-state index < -0.39 is 0 Å². The first-order valence-corrected chi connectivity index (χ1v) is 6.96. The van der Waals surface area contributed by atoms with Gasteiger partial charge in [0.1, 0.15) is 0 Å². The molecule has 1 N–H and O–H groups in total. The Kier molecular flexibility index (Phi) is 4.80. The first-order valence-electron chi connectivity index (χ1n) is 6.96. The van der Waals surface area contributed by atoms with Gasteiger partial charge < -0.3 is 5.32 Å². The second kappa shape index (κ2) is 6.36. The molecule has 0 atom stereocenters.